The maximum atomic E-state index is 4.64. The minimum atomic E-state index is 0.656. The first kappa shape index (κ1) is 13.2. The van der Waals surface area contributed by atoms with Gasteiger partial charge in [-0.05, 0) is 36.5 Å². The van der Waals surface area contributed by atoms with Gasteiger partial charge in [-0.25, -0.2) is 9.97 Å². The molecule has 22 heavy (non-hydrogen) atoms. The Morgan fingerprint density at radius 3 is 3.00 bits per heavy atom. The lowest BCUT2D eigenvalue weighted by Gasteiger charge is -2.17. The van der Waals surface area contributed by atoms with Crippen molar-refractivity contribution in [3.8, 4) is 0 Å². The van der Waals surface area contributed by atoms with Gasteiger partial charge in [0.15, 0.2) is 5.65 Å². The van der Waals surface area contributed by atoms with E-state index in [1.807, 2.05) is 30.1 Å². The van der Waals surface area contributed by atoms with Crippen molar-refractivity contribution in [2.45, 2.75) is 12.8 Å². The van der Waals surface area contributed by atoms with Gasteiger partial charge in [0.1, 0.15) is 11.3 Å². The third kappa shape index (κ3) is 2.52. The van der Waals surface area contributed by atoms with E-state index < -0.39 is 0 Å². The molecule has 1 aliphatic heterocycles. The first-order chi connectivity index (χ1) is 10.8. The normalized spacial score (nSPS) is 18.2. The number of hydrogen-bond acceptors (Lipinski definition) is 5. The Morgan fingerprint density at radius 2 is 2.14 bits per heavy atom. The molecule has 1 atom stereocenters. The largest absolute Gasteiger partial charge is 0.356 e. The Kier molecular flexibility index (Phi) is 3.21. The average Bonchev–Trinajstić information content (AvgIpc) is 3.16. The summed E-state index contributed by atoms with van der Waals surface area (Å²) in [5.41, 5.74) is 2.87. The fourth-order valence-corrected chi connectivity index (χ4v) is 3.14. The lowest BCUT2D eigenvalue weighted by molar-refractivity contribution is 0.586. The van der Waals surface area contributed by atoms with E-state index in [9.17, 15) is 0 Å². The fraction of sp³-hybridized carbons (Fsp3) is 0.375. The van der Waals surface area contributed by atoms with E-state index in [0.717, 1.165) is 36.5 Å². The Hall–Kier alpha value is -2.50. The second-order valence-electron chi connectivity index (χ2n) is 5.90. The Bertz CT molecular complexity index is 796. The van der Waals surface area contributed by atoms with Crippen molar-refractivity contribution in [3.63, 3.8) is 0 Å². The Morgan fingerprint density at radius 1 is 1.23 bits per heavy atom. The number of aryl methyl sites for hydroxylation is 1. The van der Waals surface area contributed by atoms with E-state index in [-0.39, 0.29) is 0 Å². The summed E-state index contributed by atoms with van der Waals surface area (Å²) in [6.45, 7) is 2.08. The molecule has 0 N–H and O–H groups in total. The topological polar surface area (TPSA) is 59.7 Å². The molecule has 1 aliphatic rings. The van der Waals surface area contributed by atoms with Gasteiger partial charge in [0.2, 0.25) is 0 Å². The molecular formula is C16H18N6. The van der Waals surface area contributed by atoms with Crippen LogP contribution in [-0.2, 0) is 13.5 Å². The first-order valence-electron chi connectivity index (χ1n) is 7.58. The molecule has 0 spiro atoms. The van der Waals surface area contributed by atoms with Crippen molar-refractivity contribution in [2.75, 3.05) is 18.0 Å². The molecule has 1 saturated heterocycles. The summed E-state index contributed by atoms with van der Waals surface area (Å²) in [7, 11) is 1.96. The van der Waals surface area contributed by atoms with Gasteiger partial charge in [0.05, 0.1) is 6.20 Å². The summed E-state index contributed by atoms with van der Waals surface area (Å²) < 4.78 is 1.87. The molecule has 0 saturated carbocycles. The second kappa shape index (κ2) is 5.36. The van der Waals surface area contributed by atoms with Crippen molar-refractivity contribution >= 4 is 17.0 Å². The van der Waals surface area contributed by atoms with Gasteiger partial charge in [0, 0.05) is 38.7 Å². The van der Waals surface area contributed by atoms with Crippen molar-refractivity contribution in [3.05, 3.63) is 42.5 Å². The summed E-state index contributed by atoms with van der Waals surface area (Å²) in [4.78, 5) is 15.5. The van der Waals surface area contributed by atoms with Gasteiger partial charge in [-0.3, -0.25) is 9.67 Å². The number of fused-ring (bicyclic) bond motifs is 1. The zero-order valence-corrected chi connectivity index (χ0v) is 12.6. The van der Waals surface area contributed by atoms with Crippen LogP contribution in [0.4, 0.5) is 5.82 Å². The standard InChI is InChI=1S/C16H18N6/c1-21-10-13(9-19-21)8-12-4-7-22(11-12)15-3-2-14-16(20-15)18-6-5-17-14/h2-3,5-6,9-10,12H,4,7-8,11H2,1H3. The predicted octanol–water partition coefficient (Wildman–Crippen LogP) is 1.83. The molecule has 0 aromatic carbocycles. The van der Waals surface area contributed by atoms with Crippen LogP contribution in [0, 0.1) is 5.92 Å². The van der Waals surface area contributed by atoms with Crippen LogP contribution in [0.25, 0.3) is 11.2 Å². The smallest absolute Gasteiger partial charge is 0.180 e. The molecule has 0 amide bonds. The minimum absolute atomic E-state index is 0.656. The molecule has 4 rings (SSSR count). The van der Waals surface area contributed by atoms with Gasteiger partial charge in [-0.15, -0.1) is 0 Å². The molecule has 3 aromatic heterocycles. The summed E-state index contributed by atoms with van der Waals surface area (Å²) in [5, 5.41) is 4.25. The number of hydrogen-bond donors (Lipinski definition) is 0. The second-order valence-corrected chi connectivity index (χ2v) is 5.90. The van der Waals surface area contributed by atoms with Crippen LogP contribution in [0.1, 0.15) is 12.0 Å². The van der Waals surface area contributed by atoms with Crippen LogP contribution < -0.4 is 4.90 Å². The van der Waals surface area contributed by atoms with E-state index >= 15 is 0 Å². The van der Waals surface area contributed by atoms with Gasteiger partial charge < -0.3 is 4.90 Å². The Labute approximate surface area is 128 Å². The molecule has 0 aliphatic carbocycles. The maximum Gasteiger partial charge on any atom is 0.180 e. The summed E-state index contributed by atoms with van der Waals surface area (Å²) >= 11 is 0. The van der Waals surface area contributed by atoms with Crippen LogP contribution in [-0.4, -0.2) is 37.8 Å². The number of rotatable bonds is 3. The van der Waals surface area contributed by atoms with Crippen LogP contribution in [0.5, 0.6) is 0 Å². The zero-order valence-electron chi connectivity index (χ0n) is 12.6. The molecule has 6 nitrogen and oxygen atoms in total. The maximum absolute atomic E-state index is 4.64. The molecular weight excluding hydrogens is 276 g/mol. The predicted molar refractivity (Wildman–Crippen MR) is 84.6 cm³/mol. The molecule has 0 bridgehead atoms. The van der Waals surface area contributed by atoms with Crippen molar-refractivity contribution in [1.82, 2.24) is 24.7 Å². The highest BCUT2D eigenvalue weighted by Gasteiger charge is 2.24. The van der Waals surface area contributed by atoms with Crippen LogP contribution in [0.15, 0.2) is 36.9 Å². The van der Waals surface area contributed by atoms with E-state index in [0.29, 0.717) is 5.92 Å². The molecule has 1 unspecified atom stereocenters. The lowest BCUT2D eigenvalue weighted by atomic mass is 10.0. The van der Waals surface area contributed by atoms with Crippen LogP contribution in [0.3, 0.4) is 0 Å². The molecule has 3 aromatic rings. The van der Waals surface area contributed by atoms with Gasteiger partial charge >= 0.3 is 0 Å². The number of nitrogens with zero attached hydrogens (tertiary/aromatic N) is 6. The van der Waals surface area contributed by atoms with E-state index in [1.165, 1.54) is 12.0 Å². The number of pyridine rings is 1. The van der Waals surface area contributed by atoms with E-state index in [2.05, 4.69) is 31.1 Å². The molecule has 1 fully saturated rings. The van der Waals surface area contributed by atoms with Crippen molar-refractivity contribution in [2.24, 2.45) is 13.0 Å². The van der Waals surface area contributed by atoms with Crippen molar-refractivity contribution in [1.29, 1.82) is 0 Å². The molecule has 112 valence electrons. The SMILES string of the molecule is Cn1cc(CC2CCN(c3ccc4nccnc4n3)C2)cn1. The van der Waals surface area contributed by atoms with E-state index in [1.54, 1.807) is 12.4 Å². The highest BCUT2D eigenvalue weighted by molar-refractivity contribution is 5.71. The van der Waals surface area contributed by atoms with E-state index in [4.69, 9.17) is 0 Å². The Balaban J connectivity index is 1.49. The molecule has 0 radical (unpaired) electrons. The first-order valence-corrected chi connectivity index (χ1v) is 7.58. The van der Waals surface area contributed by atoms with Crippen LogP contribution in [0.2, 0.25) is 0 Å². The van der Waals surface area contributed by atoms with Gasteiger partial charge in [0.25, 0.3) is 0 Å². The number of anilines is 1. The quantitative estimate of drug-likeness (QED) is 0.737. The average molecular weight is 294 g/mol. The van der Waals surface area contributed by atoms with Gasteiger partial charge in [-0.1, -0.05) is 0 Å². The molecule has 6 heteroatoms. The fourth-order valence-electron chi connectivity index (χ4n) is 3.14. The third-order valence-corrected chi connectivity index (χ3v) is 4.21. The third-order valence-electron chi connectivity index (χ3n) is 4.21. The van der Waals surface area contributed by atoms with Crippen LogP contribution >= 0.6 is 0 Å². The highest BCUT2D eigenvalue weighted by Crippen LogP contribution is 2.25. The summed E-state index contributed by atoms with van der Waals surface area (Å²) in [6.07, 6.45) is 9.73. The van der Waals surface area contributed by atoms with Crippen molar-refractivity contribution < 1.29 is 0 Å². The molecule has 4 heterocycles. The number of aromatic nitrogens is 5. The summed E-state index contributed by atoms with van der Waals surface area (Å²) in [6, 6.07) is 4.04. The minimum Gasteiger partial charge on any atom is -0.356 e. The van der Waals surface area contributed by atoms with Gasteiger partial charge in [-0.2, -0.15) is 5.10 Å². The monoisotopic (exact) mass is 294 g/mol. The zero-order chi connectivity index (χ0) is 14.9. The summed E-state index contributed by atoms with van der Waals surface area (Å²) in [5.74, 6) is 1.66. The lowest BCUT2D eigenvalue weighted by Crippen LogP contribution is -2.21. The highest BCUT2D eigenvalue weighted by atomic mass is 15.2.